The Bertz CT molecular complexity index is 926. The number of aliphatic hydroxyl groups is 1. The van der Waals surface area contributed by atoms with Crippen molar-refractivity contribution in [2.45, 2.75) is 6.10 Å². The Balaban J connectivity index is 1.92. The number of aromatic nitrogens is 4. The third-order valence-corrected chi connectivity index (χ3v) is 3.66. The van der Waals surface area contributed by atoms with Gasteiger partial charge >= 0.3 is 0 Å². The molecule has 0 saturated carbocycles. The first-order valence-corrected chi connectivity index (χ1v) is 6.62. The van der Waals surface area contributed by atoms with Gasteiger partial charge in [-0.15, -0.1) is 0 Å². The molecule has 0 bridgehead atoms. The highest BCUT2D eigenvalue weighted by Gasteiger charge is 2.17. The molecule has 21 heavy (non-hydrogen) atoms. The van der Waals surface area contributed by atoms with Gasteiger partial charge in [0, 0.05) is 35.7 Å². The molecule has 102 valence electrons. The molecular formula is C16H12N4O. The van der Waals surface area contributed by atoms with E-state index < -0.39 is 6.10 Å². The molecule has 4 aromatic rings. The van der Waals surface area contributed by atoms with Crippen LogP contribution < -0.4 is 0 Å². The molecule has 1 N–H and O–H groups in total. The fraction of sp³-hybridized carbons (Fsp3) is 0.0625. The number of hydrogen-bond acceptors (Lipinski definition) is 4. The number of hydrogen-bond donors (Lipinski definition) is 1. The van der Waals surface area contributed by atoms with Crippen LogP contribution in [0.4, 0.5) is 0 Å². The zero-order chi connectivity index (χ0) is 14.2. The highest BCUT2D eigenvalue weighted by Crippen LogP contribution is 2.30. The van der Waals surface area contributed by atoms with Gasteiger partial charge in [0.05, 0.1) is 17.9 Å². The van der Waals surface area contributed by atoms with Gasteiger partial charge in [-0.1, -0.05) is 18.2 Å². The van der Waals surface area contributed by atoms with Gasteiger partial charge in [0.25, 0.3) is 0 Å². The van der Waals surface area contributed by atoms with E-state index in [0.717, 1.165) is 27.4 Å². The number of nitrogens with zero attached hydrogens (tertiary/aromatic N) is 4. The largest absolute Gasteiger partial charge is 0.383 e. The monoisotopic (exact) mass is 276 g/mol. The Hall–Kier alpha value is -2.79. The summed E-state index contributed by atoms with van der Waals surface area (Å²) in [4.78, 5) is 8.22. The van der Waals surface area contributed by atoms with Gasteiger partial charge in [0.1, 0.15) is 6.10 Å². The average molecular weight is 276 g/mol. The van der Waals surface area contributed by atoms with Crippen molar-refractivity contribution < 1.29 is 5.11 Å². The standard InChI is InChI=1S/C16H12N4O/c21-16(14-9-19-20-7-6-18-10-15(14)20)13-3-1-2-11-8-17-5-4-12(11)13/h1-10,16,21H. The molecule has 0 amide bonds. The van der Waals surface area contributed by atoms with Crippen LogP contribution in [0.2, 0.25) is 0 Å². The minimum atomic E-state index is -0.752. The van der Waals surface area contributed by atoms with Crippen LogP contribution in [-0.4, -0.2) is 24.7 Å². The van der Waals surface area contributed by atoms with Crippen molar-refractivity contribution in [1.29, 1.82) is 0 Å². The molecule has 5 heteroatoms. The number of pyridine rings is 1. The van der Waals surface area contributed by atoms with E-state index in [4.69, 9.17) is 0 Å². The van der Waals surface area contributed by atoms with E-state index in [9.17, 15) is 5.11 Å². The Kier molecular flexibility index (Phi) is 2.65. The maximum absolute atomic E-state index is 10.8. The summed E-state index contributed by atoms with van der Waals surface area (Å²) in [6.45, 7) is 0. The molecule has 3 heterocycles. The second kappa shape index (κ2) is 4.64. The SMILES string of the molecule is OC(c1cccc2cnccc12)c1cnn2ccncc12. The van der Waals surface area contributed by atoms with E-state index in [2.05, 4.69) is 15.1 Å². The minimum Gasteiger partial charge on any atom is -0.383 e. The molecule has 0 aliphatic carbocycles. The maximum Gasteiger partial charge on any atom is 0.108 e. The van der Waals surface area contributed by atoms with E-state index in [0.29, 0.717) is 0 Å². The summed E-state index contributed by atoms with van der Waals surface area (Å²) in [5.74, 6) is 0. The Labute approximate surface area is 120 Å². The first-order valence-electron chi connectivity index (χ1n) is 6.62. The van der Waals surface area contributed by atoms with Gasteiger partial charge < -0.3 is 5.11 Å². The summed E-state index contributed by atoms with van der Waals surface area (Å²) in [6, 6.07) is 7.74. The van der Waals surface area contributed by atoms with Gasteiger partial charge in [0.15, 0.2) is 0 Å². The lowest BCUT2D eigenvalue weighted by Crippen LogP contribution is -2.00. The van der Waals surface area contributed by atoms with Crippen LogP contribution in [0.5, 0.6) is 0 Å². The minimum absolute atomic E-state index is 0.743. The Morgan fingerprint density at radius 3 is 2.81 bits per heavy atom. The summed E-state index contributed by atoms with van der Waals surface area (Å²) in [6.07, 6.45) is 9.59. The average Bonchev–Trinajstić information content (AvgIpc) is 2.98. The van der Waals surface area contributed by atoms with Crippen molar-refractivity contribution in [2.24, 2.45) is 0 Å². The third kappa shape index (κ3) is 1.86. The zero-order valence-electron chi connectivity index (χ0n) is 11.1. The summed E-state index contributed by atoms with van der Waals surface area (Å²) >= 11 is 0. The topological polar surface area (TPSA) is 63.3 Å². The first kappa shape index (κ1) is 12.0. The molecule has 4 rings (SSSR count). The van der Waals surface area contributed by atoms with Crippen LogP contribution in [0.3, 0.4) is 0 Å². The second-order valence-corrected chi connectivity index (χ2v) is 4.85. The summed E-state index contributed by atoms with van der Waals surface area (Å²) in [5, 5.41) is 17.0. The lowest BCUT2D eigenvalue weighted by molar-refractivity contribution is 0.223. The molecule has 1 aromatic carbocycles. The van der Waals surface area contributed by atoms with Gasteiger partial charge in [-0.25, -0.2) is 4.52 Å². The van der Waals surface area contributed by atoms with Crippen LogP contribution in [0.1, 0.15) is 17.2 Å². The van der Waals surface area contributed by atoms with E-state index >= 15 is 0 Å². The Morgan fingerprint density at radius 2 is 1.86 bits per heavy atom. The van der Waals surface area contributed by atoms with Crippen LogP contribution in [-0.2, 0) is 0 Å². The molecule has 0 spiro atoms. The molecule has 0 aliphatic rings. The fourth-order valence-electron chi connectivity index (χ4n) is 2.62. The normalized spacial score (nSPS) is 12.8. The van der Waals surface area contributed by atoms with E-state index in [1.54, 1.807) is 41.7 Å². The number of benzene rings is 1. The summed E-state index contributed by atoms with van der Waals surface area (Å²) < 4.78 is 1.71. The lowest BCUT2D eigenvalue weighted by atomic mass is 9.98. The number of fused-ring (bicyclic) bond motifs is 2. The molecular weight excluding hydrogens is 264 g/mol. The van der Waals surface area contributed by atoms with E-state index in [1.807, 2.05) is 24.3 Å². The molecule has 1 unspecified atom stereocenters. The fourth-order valence-corrected chi connectivity index (χ4v) is 2.62. The van der Waals surface area contributed by atoms with E-state index in [1.165, 1.54) is 0 Å². The van der Waals surface area contributed by atoms with Crippen molar-refractivity contribution in [3.63, 3.8) is 0 Å². The van der Waals surface area contributed by atoms with Crippen molar-refractivity contribution >= 4 is 16.3 Å². The Morgan fingerprint density at radius 1 is 0.952 bits per heavy atom. The highest BCUT2D eigenvalue weighted by molar-refractivity contribution is 5.85. The van der Waals surface area contributed by atoms with E-state index in [-0.39, 0.29) is 0 Å². The predicted octanol–water partition coefficient (Wildman–Crippen LogP) is 2.36. The predicted molar refractivity (Wildman–Crippen MR) is 78.8 cm³/mol. The van der Waals surface area contributed by atoms with Gasteiger partial charge in [-0.3, -0.25) is 9.97 Å². The second-order valence-electron chi connectivity index (χ2n) is 4.85. The molecule has 1 atom stereocenters. The van der Waals surface area contributed by atoms with Crippen LogP contribution in [0, 0.1) is 0 Å². The number of aliphatic hydroxyl groups excluding tert-OH is 1. The van der Waals surface area contributed by atoms with Crippen molar-refractivity contribution in [1.82, 2.24) is 19.6 Å². The molecule has 0 fully saturated rings. The smallest absolute Gasteiger partial charge is 0.108 e. The zero-order valence-corrected chi connectivity index (χ0v) is 11.1. The van der Waals surface area contributed by atoms with Gasteiger partial charge in [0.2, 0.25) is 0 Å². The highest BCUT2D eigenvalue weighted by atomic mass is 16.3. The first-order chi connectivity index (χ1) is 10.3. The summed E-state index contributed by atoms with van der Waals surface area (Å²) in [7, 11) is 0. The summed E-state index contributed by atoms with van der Waals surface area (Å²) in [5.41, 5.74) is 2.39. The van der Waals surface area contributed by atoms with Crippen molar-refractivity contribution in [3.05, 3.63) is 72.6 Å². The molecule has 0 radical (unpaired) electrons. The van der Waals surface area contributed by atoms with Crippen molar-refractivity contribution in [2.75, 3.05) is 0 Å². The molecule has 5 nitrogen and oxygen atoms in total. The quantitative estimate of drug-likeness (QED) is 0.610. The maximum atomic E-state index is 10.8. The molecule has 0 aliphatic heterocycles. The molecule has 3 aromatic heterocycles. The van der Waals surface area contributed by atoms with Gasteiger partial charge in [-0.05, 0) is 17.0 Å². The van der Waals surface area contributed by atoms with Gasteiger partial charge in [-0.2, -0.15) is 5.10 Å². The number of rotatable bonds is 2. The lowest BCUT2D eigenvalue weighted by Gasteiger charge is -2.12. The van der Waals surface area contributed by atoms with Crippen molar-refractivity contribution in [3.8, 4) is 0 Å². The van der Waals surface area contributed by atoms with Crippen LogP contribution in [0.15, 0.2) is 61.4 Å². The molecule has 0 saturated heterocycles. The van der Waals surface area contributed by atoms with Crippen LogP contribution in [0.25, 0.3) is 16.3 Å². The third-order valence-electron chi connectivity index (χ3n) is 3.66. The van der Waals surface area contributed by atoms with Crippen LogP contribution >= 0.6 is 0 Å².